The number of unbranched alkanes of at least 4 members (excludes halogenated alkanes) is 3. The molecule has 96 valence electrons. The van der Waals surface area contributed by atoms with E-state index in [1.54, 1.807) is 0 Å². The van der Waals surface area contributed by atoms with Crippen molar-refractivity contribution in [1.29, 1.82) is 0 Å². The number of carbonyl (C=O) groups is 1. The third-order valence-electron chi connectivity index (χ3n) is 5.78. The molecule has 3 saturated carbocycles. The number of hydrogen-bond donors (Lipinski definition) is 0. The summed E-state index contributed by atoms with van der Waals surface area (Å²) in [6.45, 7) is 2.25. The minimum Gasteiger partial charge on any atom is -0.299 e. The van der Waals surface area contributed by atoms with Crippen LogP contribution in [0.15, 0.2) is 0 Å². The molecule has 5 atom stereocenters. The Kier molecular flexibility index (Phi) is 3.28. The first-order chi connectivity index (χ1) is 8.31. The number of hydrogen-bond acceptors (Lipinski definition) is 1. The van der Waals surface area contributed by atoms with Gasteiger partial charge in [-0.2, -0.15) is 0 Å². The van der Waals surface area contributed by atoms with E-state index in [2.05, 4.69) is 6.92 Å². The van der Waals surface area contributed by atoms with Gasteiger partial charge >= 0.3 is 0 Å². The molecule has 3 rings (SSSR count). The number of fused-ring (bicyclic) bond motifs is 5. The summed E-state index contributed by atoms with van der Waals surface area (Å²) >= 11 is 0. The zero-order valence-corrected chi connectivity index (χ0v) is 11.2. The van der Waals surface area contributed by atoms with Crippen molar-refractivity contribution in [3.63, 3.8) is 0 Å². The molecule has 2 bridgehead atoms. The minimum absolute atomic E-state index is 0.463. The molecule has 0 radical (unpaired) electrons. The van der Waals surface area contributed by atoms with Gasteiger partial charge in [0.1, 0.15) is 5.78 Å². The standard InChI is InChI=1S/C16H26O/c1-2-3-4-5-6-13-10-14-11-7-8-12(9-11)15(14)16(13)17/h11-15H,2-10H2,1H3. The number of rotatable bonds is 5. The topological polar surface area (TPSA) is 17.1 Å². The molecule has 1 heteroatoms. The molecular weight excluding hydrogens is 208 g/mol. The Morgan fingerprint density at radius 3 is 2.65 bits per heavy atom. The van der Waals surface area contributed by atoms with Crippen LogP contribution in [0.4, 0.5) is 0 Å². The molecule has 5 unspecified atom stereocenters. The van der Waals surface area contributed by atoms with Gasteiger partial charge in [0.2, 0.25) is 0 Å². The Morgan fingerprint density at radius 1 is 1.06 bits per heavy atom. The van der Waals surface area contributed by atoms with Gasteiger partial charge in [0.25, 0.3) is 0 Å². The quantitative estimate of drug-likeness (QED) is 0.651. The van der Waals surface area contributed by atoms with E-state index in [1.165, 1.54) is 57.8 Å². The average molecular weight is 234 g/mol. The van der Waals surface area contributed by atoms with E-state index in [1.807, 2.05) is 0 Å². The monoisotopic (exact) mass is 234 g/mol. The molecular formula is C16H26O. The first-order valence-electron chi connectivity index (χ1n) is 7.85. The van der Waals surface area contributed by atoms with Gasteiger partial charge < -0.3 is 0 Å². The Bertz CT molecular complexity index is 296. The second kappa shape index (κ2) is 4.74. The van der Waals surface area contributed by atoms with E-state index in [4.69, 9.17) is 0 Å². The highest BCUT2D eigenvalue weighted by atomic mass is 16.1. The van der Waals surface area contributed by atoms with Crippen molar-refractivity contribution < 1.29 is 4.79 Å². The van der Waals surface area contributed by atoms with Crippen LogP contribution in [0.1, 0.15) is 64.7 Å². The lowest BCUT2D eigenvalue weighted by Crippen LogP contribution is -2.23. The maximum absolute atomic E-state index is 12.4. The summed E-state index contributed by atoms with van der Waals surface area (Å²) in [5, 5.41) is 0. The van der Waals surface area contributed by atoms with Crippen LogP contribution >= 0.6 is 0 Å². The van der Waals surface area contributed by atoms with E-state index in [0.29, 0.717) is 17.6 Å². The first kappa shape index (κ1) is 11.7. The van der Waals surface area contributed by atoms with Crippen LogP contribution in [0.5, 0.6) is 0 Å². The normalized spacial score (nSPS) is 43.4. The van der Waals surface area contributed by atoms with Crippen LogP contribution in [0, 0.1) is 29.6 Å². The number of ketones is 1. The molecule has 3 fully saturated rings. The molecule has 0 aromatic heterocycles. The molecule has 3 aliphatic rings. The highest BCUT2D eigenvalue weighted by Crippen LogP contribution is 2.59. The van der Waals surface area contributed by atoms with Crippen LogP contribution in [0.2, 0.25) is 0 Å². The summed E-state index contributed by atoms with van der Waals surface area (Å²) in [6, 6.07) is 0. The van der Waals surface area contributed by atoms with E-state index >= 15 is 0 Å². The zero-order chi connectivity index (χ0) is 11.8. The highest BCUT2D eigenvalue weighted by Gasteiger charge is 2.55. The molecule has 0 aliphatic heterocycles. The predicted molar refractivity (Wildman–Crippen MR) is 69.7 cm³/mol. The van der Waals surface area contributed by atoms with Gasteiger partial charge in [0.15, 0.2) is 0 Å². The molecule has 1 nitrogen and oxygen atoms in total. The van der Waals surface area contributed by atoms with Crippen LogP contribution in [0.25, 0.3) is 0 Å². The first-order valence-corrected chi connectivity index (χ1v) is 7.85. The van der Waals surface area contributed by atoms with Crippen molar-refractivity contribution in [2.75, 3.05) is 0 Å². The molecule has 0 heterocycles. The van der Waals surface area contributed by atoms with Gasteiger partial charge in [-0.25, -0.2) is 0 Å². The molecule has 0 saturated heterocycles. The fourth-order valence-corrected chi connectivity index (χ4v) is 4.99. The van der Waals surface area contributed by atoms with Gasteiger partial charge in [-0.3, -0.25) is 4.79 Å². The molecule has 3 aliphatic carbocycles. The van der Waals surface area contributed by atoms with Gasteiger partial charge in [-0.05, 0) is 49.9 Å². The van der Waals surface area contributed by atoms with Crippen molar-refractivity contribution in [2.24, 2.45) is 29.6 Å². The molecule has 0 aromatic carbocycles. The largest absolute Gasteiger partial charge is 0.299 e. The van der Waals surface area contributed by atoms with Gasteiger partial charge in [-0.1, -0.05) is 32.6 Å². The summed E-state index contributed by atoms with van der Waals surface area (Å²) in [6.07, 6.45) is 11.9. The summed E-state index contributed by atoms with van der Waals surface area (Å²) in [4.78, 5) is 12.4. The fraction of sp³-hybridized carbons (Fsp3) is 0.938. The maximum atomic E-state index is 12.4. The van der Waals surface area contributed by atoms with Crippen molar-refractivity contribution in [3.8, 4) is 0 Å². The maximum Gasteiger partial charge on any atom is 0.139 e. The predicted octanol–water partition coefficient (Wildman–Crippen LogP) is 4.21. The van der Waals surface area contributed by atoms with Crippen LogP contribution < -0.4 is 0 Å². The average Bonchev–Trinajstić information content (AvgIpc) is 2.98. The van der Waals surface area contributed by atoms with Crippen molar-refractivity contribution >= 4 is 5.78 Å². The minimum atomic E-state index is 0.463. The third-order valence-corrected chi connectivity index (χ3v) is 5.78. The summed E-state index contributed by atoms with van der Waals surface area (Å²) in [5.41, 5.74) is 0. The van der Waals surface area contributed by atoms with E-state index in [0.717, 1.165) is 17.8 Å². The Hall–Kier alpha value is -0.330. The molecule has 0 spiro atoms. The van der Waals surface area contributed by atoms with Crippen LogP contribution in [-0.2, 0) is 4.79 Å². The fourth-order valence-electron chi connectivity index (χ4n) is 4.99. The van der Waals surface area contributed by atoms with Gasteiger partial charge in [0, 0.05) is 11.8 Å². The summed E-state index contributed by atoms with van der Waals surface area (Å²) in [7, 11) is 0. The van der Waals surface area contributed by atoms with E-state index < -0.39 is 0 Å². The molecule has 0 N–H and O–H groups in total. The number of Topliss-reactive ketones (excluding diaryl/α,β-unsaturated/α-hetero) is 1. The Morgan fingerprint density at radius 2 is 1.88 bits per heavy atom. The Balaban J connectivity index is 1.54. The molecule has 17 heavy (non-hydrogen) atoms. The SMILES string of the molecule is CCCCCCC1CC2C3CCC(C3)C2C1=O. The molecule has 0 aromatic rings. The van der Waals surface area contributed by atoms with Crippen molar-refractivity contribution in [2.45, 2.75) is 64.7 Å². The van der Waals surface area contributed by atoms with Crippen molar-refractivity contribution in [1.82, 2.24) is 0 Å². The molecule has 0 amide bonds. The van der Waals surface area contributed by atoms with Gasteiger partial charge in [0.05, 0.1) is 0 Å². The number of carbonyl (C=O) groups excluding carboxylic acids is 1. The second-order valence-electron chi connectivity index (χ2n) is 6.71. The van der Waals surface area contributed by atoms with Crippen LogP contribution in [0.3, 0.4) is 0 Å². The van der Waals surface area contributed by atoms with Crippen LogP contribution in [-0.4, -0.2) is 5.78 Å². The Labute approximate surface area is 105 Å². The highest BCUT2D eigenvalue weighted by molar-refractivity contribution is 5.86. The van der Waals surface area contributed by atoms with Gasteiger partial charge in [-0.15, -0.1) is 0 Å². The lowest BCUT2D eigenvalue weighted by Gasteiger charge is -2.22. The lowest BCUT2D eigenvalue weighted by atomic mass is 9.81. The van der Waals surface area contributed by atoms with E-state index in [9.17, 15) is 4.79 Å². The zero-order valence-electron chi connectivity index (χ0n) is 11.2. The smallest absolute Gasteiger partial charge is 0.139 e. The summed E-state index contributed by atoms with van der Waals surface area (Å²) in [5.74, 6) is 4.22. The lowest BCUT2D eigenvalue weighted by molar-refractivity contribution is -0.125. The third kappa shape index (κ3) is 1.96. The summed E-state index contributed by atoms with van der Waals surface area (Å²) < 4.78 is 0. The van der Waals surface area contributed by atoms with E-state index in [-0.39, 0.29) is 0 Å². The second-order valence-corrected chi connectivity index (χ2v) is 6.71. The van der Waals surface area contributed by atoms with Crippen molar-refractivity contribution in [3.05, 3.63) is 0 Å².